The van der Waals surface area contributed by atoms with Gasteiger partial charge in [0, 0.05) is 28.1 Å². The predicted molar refractivity (Wildman–Crippen MR) is 131 cm³/mol. The standard InChI is InChI=1S/C27H29NO3S/c1-4-27(2,3)18-14-15-25-22(16-18)23-17-24(20-12-8-9-13-21(20)26(23)31-25)28-32(29,30)19-10-6-5-7-11-19/h5-13,17-18,28H,4,14-16H2,1-3H3/t18-/m0/s1. The molecule has 1 atom stereocenters. The zero-order valence-electron chi connectivity index (χ0n) is 18.8. The van der Waals surface area contributed by atoms with Gasteiger partial charge in [-0.2, -0.15) is 0 Å². The van der Waals surface area contributed by atoms with Gasteiger partial charge in [-0.15, -0.1) is 0 Å². The van der Waals surface area contributed by atoms with E-state index in [0.29, 0.717) is 11.6 Å². The Hall–Kier alpha value is -2.79. The molecule has 5 rings (SSSR count). The first-order chi connectivity index (χ1) is 15.3. The van der Waals surface area contributed by atoms with Crippen molar-refractivity contribution in [3.8, 4) is 0 Å². The van der Waals surface area contributed by atoms with E-state index < -0.39 is 10.0 Å². The molecular weight excluding hydrogens is 418 g/mol. The molecule has 1 heterocycles. The molecule has 0 saturated carbocycles. The summed E-state index contributed by atoms with van der Waals surface area (Å²) in [7, 11) is -3.70. The van der Waals surface area contributed by atoms with Crippen LogP contribution < -0.4 is 4.72 Å². The van der Waals surface area contributed by atoms with Crippen molar-refractivity contribution in [2.24, 2.45) is 11.3 Å². The minimum atomic E-state index is -3.70. The van der Waals surface area contributed by atoms with Crippen LogP contribution in [0.5, 0.6) is 0 Å². The fraction of sp³-hybridized carbons (Fsp3) is 0.333. The number of hydrogen-bond donors (Lipinski definition) is 1. The summed E-state index contributed by atoms with van der Waals surface area (Å²) < 4.78 is 35.4. The third-order valence-electron chi connectivity index (χ3n) is 7.37. The van der Waals surface area contributed by atoms with E-state index in [1.165, 1.54) is 5.56 Å². The minimum Gasteiger partial charge on any atom is -0.460 e. The van der Waals surface area contributed by atoms with E-state index in [2.05, 4.69) is 25.5 Å². The Bertz CT molecular complexity index is 1400. The molecule has 166 valence electrons. The lowest BCUT2D eigenvalue weighted by Gasteiger charge is -2.36. The van der Waals surface area contributed by atoms with Crippen molar-refractivity contribution in [2.45, 2.75) is 51.3 Å². The Morgan fingerprint density at radius 3 is 2.41 bits per heavy atom. The van der Waals surface area contributed by atoms with Gasteiger partial charge in [-0.25, -0.2) is 8.42 Å². The lowest BCUT2D eigenvalue weighted by atomic mass is 9.69. The van der Waals surface area contributed by atoms with Crippen molar-refractivity contribution >= 4 is 37.5 Å². The Kier molecular flexibility index (Phi) is 5.05. The van der Waals surface area contributed by atoms with Crippen molar-refractivity contribution in [2.75, 3.05) is 4.72 Å². The molecule has 1 N–H and O–H groups in total. The zero-order valence-corrected chi connectivity index (χ0v) is 19.6. The largest absolute Gasteiger partial charge is 0.460 e. The maximum atomic E-state index is 13.1. The maximum Gasteiger partial charge on any atom is 0.261 e. The average Bonchev–Trinajstić information content (AvgIpc) is 3.18. The molecule has 0 radical (unpaired) electrons. The topological polar surface area (TPSA) is 59.3 Å². The summed E-state index contributed by atoms with van der Waals surface area (Å²) in [5.41, 5.74) is 2.96. The summed E-state index contributed by atoms with van der Waals surface area (Å²) in [4.78, 5) is 0.253. The van der Waals surface area contributed by atoms with E-state index in [4.69, 9.17) is 4.42 Å². The van der Waals surface area contributed by atoms with Crippen molar-refractivity contribution in [1.82, 2.24) is 0 Å². The fourth-order valence-electron chi connectivity index (χ4n) is 4.94. The van der Waals surface area contributed by atoms with E-state index >= 15 is 0 Å². The molecule has 4 aromatic rings. The van der Waals surface area contributed by atoms with Crippen LogP contribution in [0.3, 0.4) is 0 Å². The number of benzene rings is 3. The molecule has 0 amide bonds. The number of sulfonamides is 1. The SMILES string of the molecule is CCC(C)(C)[C@H]1CCc2oc3c(cc(NS(=O)(=O)c4ccccc4)c4ccccc43)c2C1. The smallest absolute Gasteiger partial charge is 0.261 e. The minimum absolute atomic E-state index is 0.253. The van der Waals surface area contributed by atoms with Gasteiger partial charge in [-0.05, 0) is 42.4 Å². The predicted octanol–water partition coefficient (Wildman–Crippen LogP) is 6.93. The number of rotatable bonds is 5. The highest BCUT2D eigenvalue weighted by molar-refractivity contribution is 7.92. The Balaban J connectivity index is 1.67. The molecule has 0 aliphatic heterocycles. The second-order valence-corrected chi connectivity index (χ2v) is 11.2. The maximum absolute atomic E-state index is 13.1. The van der Waals surface area contributed by atoms with Crippen molar-refractivity contribution in [3.05, 3.63) is 72.0 Å². The van der Waals surface area contributed by atoms with Gasteiger partial charge >= 0.3 is 0 Å². The average molecular weight is 448 g/mol. The van der Waals surface area contributed by atoms with Gasteiger partial charge in [-0.1, -0.05) is 69.7 Å². The molecule has 0 saturated heterocycles. The Morgan fingerprint density at radius 2 is 1.69 bits per heavy atom. The number of anilines is 1. The highest BCUT2D eigenvalue weighted by Crippen LogP contribution is 2.45. The number of hydrogen-bond acceptors (Lipinski definition) is 3. The summed E-state index contributed by atoms with van der Waals surface area (Å²) >= 11 is 0. The van der Waals surface area contributed by atoms with Crippen LogP contribution >= 0.6 is 0 Å². The summed E-state index contributed by atoms with van der Waals surface area (Å²) in [5.74, 6) is 1.63. The van der Waals surface area contributed by atoms with E-state index in [1.807, 2.05) is 36.4 Å². The molecule has 1 aromatic heterocycles. The molecule has 1 aliphatic rings. The van der Waals surface area contributed by atoms with Crippen LogP contribution in [0.4, 0.5) is 5.69 Å². The van der Waals surface area contributed by atoms with Crippen LogP contribution in [-0.4, -0.2) is 8.42 Å². The molecule has 4 nitrogen and oxygen atoms in total. The molecule has 0 bridgehead atoms. The van der Waals surface area contributed by atoms with Gasteiger partial charge in [0.1, 0.15) is 11.3 Å². The first-order valence-electron chi connectivity index (χ1n) is 11.3. The second-order valence-electron chi connectivity index (χ2n) is 9.55. The molecule has 3 aromatic carbocycles. The van der Waals surface area contributed by atoms with Gasteiger partial charge in [0.15, 0.2) is 0 Å². The first-order valence-corrected chi connectivity index (χ1v) is 12.8. The fourth-order valence-corrected chi connectivity index (χ4v) is 6.03. The number of aryl methyl sites for hydroxylation is 1. The third kappa shape index (κ3) is 3.49. The first kappa shape index (κ1) is 21.1. The van der Waals surface area contributed by atoms with Gasteiger partial charge in [0.05, 0.1) is 10.6 Å². The van der Waals surface area contributed by atoms with Gasteiger partial charge < -0.3 is 4.42 Å². The monoisotopic (exact) mass is 447 g/mol. The molecule has 1 aliphatic carbocycles. The highest BCUT2D eigenvalue weighted by Gasteiger charge is 2.34. The van der Waals surface area contributed by atoms with E-state index in [-0.39, 0.29) is 10.3 Å². The summed E-state index contributed by atoms with van der Waals surface area (Å²) in [5, 5.41) is 2.81. The number of nitrogens with one attached hydrogen (secondary N) is 1. The number of furan rings is 1. The van der Waals surface area contributed by atoms with Gasteiger partial charge in [-0.3, -0.25) is 4.72 Å². The van der Waals surface area contributed by atoms with Gasteiger partial charge in [0.2, 0.25) is 0 Å². The second kappa shape index (κ2) is 7.66. The normalized spacial score (nSPS) is 16.9. The van der Waals surface area contributed by atoms with Crippen LogP contribution in [0.2, 0.25) is 0 Å². The molecule has 32 heavy (non-hydrogen) atoms. The molecule has 0 spiro atoms. The van der Waals surface area contributed by atoms with Gasteiger partial charge in [0.25, 0.3) is 10.0 Å². The van der Waals surface area contributed by atoms with Crippen LogP contribution in [0, 0.1) is 11.3 Å². The van der Waals surface area contributed by atoms with Crippen LogP contribution in [0.1, 0.15) is 44.9 Å². The molecule has 0 unspecified atom stereocenters. The lowest BCUT2D eigenvalue weighted by molar-refractivity contribution is 0.179. The Labute approximate surface area is 189 Å². The molecule has 0 fully saturated rings. The Morgan fingerprint density at radius 1 is 1.00 bits per heavy atom. The quantitative estimate of drug-likeness (QED) is 0.361. The van der Waals surface area contributed by atoms with E-state index in [9.17, 15) is 8.42 Å². The summed E-state index contributed by atoms with van der Waals surface area (Å²) in [6.07, 6.45) is 4.15. The number of fused-ring (bicyclic) bond motifs is 5. The molecular formula is C27H29NO3S. The van der Waals surface area contributed by atoms with Crippen LogP contribution in [0.15, 0.2) is 70.0 Å². The van der Waals surface area contributed by atoms with Crippen LogP contribution in [-0.2, 0) is 22.9 Å². The van der Waals surface area contributed by atoms with E-state index in [1.54, 1.807) is 24.3 Å². The van der Waals surface area contributed by atoms with Crippen LogP contribution in [0.25, 0.3) is 21.7 Å². The highest BCUT2D eigenvalue weighted by atomic mass is 32.2. The van der Waals surface area contributed by atoms with Crippen molar-refractivity contribution < 1.29 is 12.8 Å². The summed E-state index contributed by atoms with van der Waals surface area (Å²) in [6, 6.07) is 18.3. The van der Waals surface area contributed by atoms with Crippen molar-refractivity contribution in [1.29, 1.82) is 0 Å². The molecule has 5 heteroatoms. The third-order valence-corrected chi connectivity index (χ3v) is 8.75. The van der Waals surface area contributed by atoms with E-state index in [0.717, 1.165) is 53.2 Å². The van der Waals surface area contributed by atoms with Crippen molar-refractivity contribution in [3.63, 3.8) is 0 Å². The zero-order chi connectivity index (χ0) is 22.5. The summed E-state index contributed by atoms with van der Waals surface area (Å²) in [6.45, 7) is 6.95. The lowest BCUT2D eigenvalue weighted by Crippen LogP contribution is -2.28.